The molecule has 0 fully saturated rings. The Morgan fingerprint density at radius 1 is 1.44 bits per heavy atom. The number of hydrogen-bond donors (Lipinski definition) is 1. The average molecular weight is 309 g/mol. The summed E-state index contributed by atoms with van der Waals surface area (Å²) in [7, 11) is 0. The van der Waals surface area contributed by atoms with Crippen molar-refractivity contribution in [2.45, 2.75) is 13.3 Å². The van der Waals surface area contributed by atoms with E-state index in [1.807, 2.05) is 24.3 Å². The minimum absolute atomic E-state index is 0.207. The Bertz CT molecular complexity index is 551. The highest BCUT2D eigenvalue weighted by molar-refractivity contribution is 9.10. The maximum Gasteiger partial charge on any atom is 0.273 e. The molecule has 18 heavy (non-hydrogen) atoms. The highest BCUT2D eigenvalue weighted by atomic mass is 79.9. The zero-order chi connectivity index (χ0) is 13.0. The lowest BCUT2D eigenvalue weighted by Gasteiger charge is -2.03. The van der Waals surface area contributed by atoms with E-state index in [-0.39, 0.29) is 5.91 Å². The van der Waals surface area contributed by atoms with E-state index >= 15 is 0 Å². The Hall–Kier alpha value is -1.62. The highest BCUT2D eigenvalue weighted by Crippen LogP contribution is 2.11. The second-order valence-corrected chi connectivity index (χ2v) is 4.87. The van der Waals surface area contributed by atoms with Gasteiger partial charge >= 0.3 is 0 Å². The molecule has 4 nitrogen and oxygen atoms in total. The summed E-state index contributed by atoms with van der Waals surface area (Å²) >= 11 is 3.41. The van der Waals surface area contributed by atoms with Gasteiger partial charge in [0.25, 0.3) is 5.91 Å². The normalized spacial score (nSPS) is 10.3. The number of nitrogens with one attached hydrogen (secondary N) is 1. The van der Waals surface area contributed by atoms with Crippen molar-refractivity contribution in [3.05, 3.63) is 51.8 Å². The third kappa shape index (κ3) is 3.43. The molecule has 1 heterocycles. The number of carbonyl (C=O) groups is 1. The number of aryl methyl sites for hydroxylation is 1. The van der Waals surface area contributed by atoms with Gasteiger partial charge in [-0.2, -0.15) is 0 Å². The second-order valence-electron chi connectivity index (χ2n) is 3.96. The summed E-state index contributed by atoms with van der Waals surface area (Å²) in [4.78, 5) is 11.7. The molecule has 0 aliphatic carbocycles. The monoisotopic (exact) mass is 308 g/mol. The summed E-state index contributed by atoms with van der Waals surface area (Å²) in [6.07, 6.45) is 0.780. The fraction of sp³-hybridized carbons (Fsp3) is 0.231. The summed E-state index contributed by atoms with van der Waals surface area (Å²) in [5.41, 5.74) is 1.49. The minimum atomic E-state index is -0.207. The first-order valence-electron chi connectivity index (χ1n) is 5.61. The molecule has 0 radical (unpaired) electrons. The van der Waals surface area contributed by atoms with Gasteiger partial charge in [-0.05, 0) is 31.0 Å². The van der Waals surface area contributed by atoms with Gasteiger partial charge in [-0.15, -0.1) is 0 Å². The predicted octanol–water partition coefficient (Wildman–Crippen LogP) is 2.72. The van der Waals surface area contributed by atoms with Crippen LogP contribution in [0.5, 0.6) is 0 Å². The van der Waals surface area contributed by atoms with Crippen LogP contribution in [0.1, 0.15) is 21.8 Å². The molecule has 94 valence electrons. The van der Waals surface area contributed by atoms with E-state index in [0.717, 1.165) is 10.9 Å². The topological polar surface area (TPSA) is 55.1 Å². The zero-order valence-corrected chi connectivity index (χ0v) is 11.5. The van der Waals surface area contributed by atoms with Crippen LogP contribution in [-0.2, 0) is 6.42 Å². The fourth-order valence-corrected chi connectivity index (χ4v) is 2.02. The third-order valence-electron chi connectivity index (χ3n) is 2.45. The quantitative estimate of drug-likeness (QED) is 0.945. The average Bonchev–Trinajstić information content (AvgIpc) is 2.76. The molecule has 1 aromatic heterocycles. The Morgan fingerprint density at radius 2 is 2.28 bits per heavy atom. The van der Waals surface area contributed by atoms with Gasteiger partial charge in [0.05, 0.1) is 0 Å². The molecule has 1 N–H and O–H groups in total. The molecule has 1 aromatic carbocycles. The van der Waals surface area contributed by atoms with Crippen molar-refractivity contribution in [2.24, 2.45) is 0 Å². The standard InChI is InChI=1S/C13H13BrN2O2/c1-9-7-12(16-18-9)13(17)15-6-5-10-3-2-4-11(14)8-10/h2-4,7-8H,5-6H2,1H3,(H,15,17). The van der Waals surface area contributed by atoms with E-state index in [4.69, 9.17) is 4.52 Å². The van der Waals surface area contributed by atoms with Crippen molar-refractivity contribution >= 4 is 21.8 Å². The molecule has 0 saturated heterocycles. The molecule has 1 amide bonds. The van der Waals surface area contributed by atoms with Crippen LogP contribution in [0.3, 0.4) is 0 Å². The van der Waals surface area contributed by atoms with E-state index < -0.39 is 0 Å². The van der Waals surface area contributed by atoms with E-state index in [1.54, 1.807) is 13.0 Å². The third-order valence-corrected chi connectivity index (χ3v) is 2.94. The van der Waals surface area contributed by atoms with Crippen molar-refractivity contribution in [1.82, 2.24) is 10.5 Å². The number of halogens is 1. The SMILES string of the molecule is Cc1cc(C(=O)NCCc2cccc(Br)c2)no1. The molecule has 0 atom stereocenters. The lowest BCUT2D eigenvalue weighted by Crippen LogP contribution is -2.25. The van der Waals surface area contributed by atoms with Crippen molar-refractivity contribution < 1.29 is 9.32 Å². The van der Waals surface area contributed by atoms with Gasteiger partial charge in [0.15, 0.2) is 5.69 Å². The first-order chi connectivity index (χ1) is 8.65. The molecule has 0 saturated carbocycles. The van der Waals surface area contributed by atoms with Gasteiger partial charge in [0.2, 0.25) is 0 Å². The Labute approximate surface area is 113 Å². The Kier molecular flexibility index (Phi) is 4.15. The van der Waals surface area contributed by atoms with Gasteiger partial charge in [0, 0.05) is 17.1 Å². The van der Waals surface area contributed by atoms with Gasteiger partial charge < -0.3 is 9.84 Å². The number of nitrogens with zero attached hydrogens (tertiary/aromatic N) is 1. The van der Waals surface area contributed by atoms with Gasteiger partial charge in [-0.3, -0.25) is 4.79 Å². The first-order valence-corrected chi connectivity index (χ1v) is 6.40. The molecular weight excluding hydrogens is 296 g/mol. The van der Waals surface area contributed by atoms with Gasteiger partial charge in [0.1, 0.15) is 5.76 Å². The number of amides is 1. The molecule has 0 aliphatic rings. The van der Waals surface area contributed by atoms with Crippen LogP contribution in [0, 0.1) is 6.92 Å². The highest BCUT2D eigenvalue weighted by Gasteiger charge is 2.09. The molecule has 0 bridgehead atoms. The molecular formula is C13H13BrN2O2. The van der Waals surface area contributed by atoms with Crippen LogP contribution in [0.25, 0.3) is 0 Å². The lowest BCUT2D eigenvalue weighted by molar-refractivity contribution is 0.0945. The molecule has 0 spiro atoms. The van der Waals surface area contributed by atoms with Crippen LogP contribution in [0.15, 0.2) is 39.3 Å². The fourth-order valence-electron chi connectivity index (χ4n) is 1.58. The van der Waals surface area contributed by atoms with Crippen LogP contribution in [0.4, 0.5) is 0 Å². The number of carbonyl (C=O) groups excluding carboxylic acids is 1. The zero-order valence-electron chi connectivity index (χ0n) is 9.94. The van der Waals surface area contributed by atoms with Crippen molar-refractivity contribution in [2.75, 3.05) is 6.54 Å². The van der Waals surface area contributed by atoms with Crippen LogP contribution in [0.2, 0.25) is 0 Å². The number of benzene rings is 1. The minimum Gasteiger partial charge on any atom is -0.361 e. The molecule has 2 rings (SSSR count). The van der Waals surface area contributed by atoms with E-state index in [2.05, 4.69) is 26.4 Å². The van der Waals surface area contributed by atoms with Crippen LogP contribution >= 0.6 is 15.9 Å². The van der Waals surface area contributed by atoms with E-state index in [9.17, 15) is 4.79 Å². The summed E-state index contributed by atoms with van der Waals surface area (Å²) in [5.74, 6) is 0.425. The molecule has 0 aliphatic heterocycles. The largest absolute Gasteiger partial charge is 0.361 e. The number of hydrogen-bond acceptors (Lipinski definition) is 3. The summed E-state index contributed by atoms with van der Waals surface area (Å²) in [5, 5.41) is 6.46. The smallest absolute Gasteiger partial charge is 0.273 e. The maximum atomic E-state index is 11.7. The molecule has 2 aromatic rings. The van der Waals surface area contributed by atoms with Gasteiger partial charge in [-0.1, -0.05) is 33.2 Å². The molecule has 5 heteroatoms. The van der Waals surface area contributed by atoms with Crippen molar-refractivity contribution in [3.63, 3.8) is 0 Å². The van der Waals surface area contributed by atoms with Crippen molar-refractivity contribution in [3.8, 4) is 0 Å². The van der Waals surface area contributed by atoms with Crippen LogP contribution < -0.4 is 5.32 Å². The second kappa shape index (κ2) is 5.82. The van der Waals surface area contributed by atoms with Crippen molar-refractivity contribution in [1.29, 1.82) is 0 Å². The number of rotatable bonds is 4. The Morgan fingerprint density at radius 3 is 2.94 bits per heavy atom. The molecule has 0 unspecified atom stereocenters. The number of aromatic nitrogens is 1. The Balaban J connectivity index is 1.84. The van der Waals surface area contributed by atoms with E-state index in [1.165, 1.54) is 5.56 Å². The van der Waals surface area contributed by atoms with Crippen LogP contribution in [-0.4, -0.2) is 17.6 Å². The first kappa shape index (κ1) is 12.8. The summed E-state index contributed by atoms with van der Waals surface area (Å²) in [6.45, 7) is 2.33. The van der Waals surface area contributed by atoms with E-state index in [0.29, 0.717) is 18.0 Å². The predicted molar refractivity (Wildman–Crippen MR) is 71.4 cm³/mol. The summed E-state index contributed by atoms with van der Waals surface area (Å²) in [6, 6.07) is 9.63. The maximum absolute atomic E-state index is 11.7. The lowest BCUT2D eigenvalue weighted by atomic mass is 10.1. The summed E-state index contributed by atoms with van der Waals surface area (Å²) < 4.78 is 5.89. The van der Waals surface area contributed by atoms with Gasteiger partial charge in [-0.25, -0.2) is 0 Å².